The van der Waals surface area contributed by atoms with E-state index < -0.39 is 0 Å². The number of para-hydroxylation sites is 1. The molecule has 1 amide bonds. The lowest BCUT2D eigenvalue weighted by Crippen LogP contribution is -2.48. The lowest BCUT2D eigenvalue weighted by molar-refractivity contribution is 0.0751. The number of fused-ring (bicyclic) bond motifs is 2. The van der Waals surface area contributed by atoms with Crippen molar-refractivity contribution in [3.05, 3.63) is 57.0 Å². The molecular formula is C22H24N4O2S. The molecule has 3 aromatic rings. The van der Waals surface area contributed by atoms with Crippen LogP contribution in [0, 0.1) is 6.92 Å². The Morgan fingerprint density at radius 3 is 2.55 bits per heavy atom. The molecule has 29 heavy (non-hydrogen) atoms. The number of hydrogen-bond donors (Lipinski definition) is 0. The van der Waals surface area contributed by atoms with E-state index in [1.807, 2.05) is 30.0 Å². The number of aryl methyl sites for hydroxylation is 2. The van der Waals surface area contributed by atoms with Crippen molar-refractivity contribution in [3.63, 3.8) is 0 Å². The molecule has 1 aromatic carbocycles. The normalized spacial score (nSPS) is 16.9. The smallest absolute Gasteiger partial charge is 0.264 e. The first-order chi connectivity index (χ1) is 14.1. The minimum absolute atomic E-state index is 0.0198. The Labute approximate surface area is 173 Å². The van der Waals surface area contributed by atoms with E-state index in [0.717, 1.165) is 50.3 Å². The number of benzene rings is 1. The van der Waals surface area contributed by atoms with Crippen LogP contribution in [0.25, 0.3) is 10.2 Å². The fraction of sp³-hybridized carbons (Fsp3) is 0.409. The molecule has 7 heteroatoms. The molecule has 6 nitrogen and oxygen atoms in total. The van der Waals surface area contributed by atoms with Gasteiger partial charge in [-0.15, -0.1) is 11.3 Å². The zero-order valence-electron chi connectivity index (χ0n) is 16.6. The van der Waals surface area contributed by atoms with Crippen LogP contribution < -0.4 is 10.5 Å². The van der Waals surface area contributed by atoms with Crippen LogP contribution in [0.2, 0.25) is 0 Å². The van der Waals surface area contributed by atoms with Crippen LogP contribution in [0.15, 0.2) is 35.1 Å². The molecular weight excluding hydrogens is 384 g/mol. The number of nitrogens with zero attached hydrogens (tertiary/aromatic N) is 4. The number of rotatable bonds is 2. The van der Waals surface area contributed by atoms with Gasteiger partial charge in [0.25, 0.3) is 11.5 Å². The molecule has 0 N–H and O–H groups in total. The van der Waals surface area contributed by atoms with Crippen molar-refractivity contribution in [1.29, 1.82) is 0 Å². The summed E-state index contributed by atoms with van der Waals surface area (Å²) < 4.78 is 1.80. The quantitative estimate of drug-likeness (QED) is 0.654. The molecule has 2 aliphatic heterocycles. The number of carbonyl (C=O) groups is 1. The van der Waals surface area contributed by atoms with Gasteiger partial charge < -0.3 is 9.80 Å². The lowest BCUT2D eigenvalue weighted by atomic mass is 10.1. The summed E-state index contributed by atoms with van der Waals surface area (Å²) in [7, 11) is 0. The van der Waals surface area contributed by atoms with Gasteiger partial charge in [-0.25, -0.2) is 4.98 Å². The maximum Gasteiger partial charge on any atom is 0.264 e. The number of thiophene rings is 1. The van der Waals surface area contributed by atoms with Crippen LogP contribution in [0.5, 0.6) is 0 Å². The van der Waals surface area contributed by atoms with E-state index in [0.29, 0.717) is 28.2 Å². The predicted octanol–water partition coefficient (Wildman–Crippen LogP) is 3.07. The average Bonchev–Trinajstić information content (AvgIpc) is 3.10. The van der Waals surface area contributed by atoms with Gasteiger partial charge in [0.15, 0.2) is 0 Å². The Morgan fingerprint density at radius 1 is 1.03 bits per heavy atom. The number of amides is 1. The van der Waals surface area contributed by atoms with Crippen LogP contribution in [0.1, 0.15) is 33.9 Å². The zero-order chi connectivity index (χ0) is 20.0. The fourth-order valence-corrected chi connectivity index (χ4v) is 5.55. The summed E-state index contributed by atoms with van der Waals surface area (Å²) in [5.74, 6) is 0.894. The Kier molecular flexibility index (Phi) is 4.62. The zero-order valence-corrected chi connectivity index (χ0v) is 17.4. The highest BCUT2D eigenvalue weighted by Gasteiger charge is 2.27. The Bertz CT molecular complexity index is 1130. The number of anilines is 1. The Morgan fingerprint density at radius 2 is 1.79 bits per heavy atom. The predicted molar refractivity (Wildman–Crippen MR) is 116 cm³/mol. The number of aromatic nitrogens is 2. The molecule has 1 fully saturated rings. The largest absolute Gasteiger partial charge is 0.368 e. The molecule has 0 aliphatic carbocycles. The van der Waals surface area contributed by atoms with E-state index in [-0.39, 0.29) is 11.5 Å². The van der Waals surface area contributed by atoms with E-state index in [4.69, 9.17) is 4.98 Å². The van der Waals surface area contributed by atoms with E-state index >= 15 is 0 Å². The Hall–Kier alpha value is -2.67. The van der Waals surface area contributed by atoms with Crippen molar-refractivity contribution in [2.75, 3.05) is 31.1 Å². The van der Waals surface area contributed by atoms with Crippen molar-refractivity contribution in [2.45, 2.75) is 32.7 Å². The second-order valence-corrected chi connectivity index (χ2v) is 8.79. The molecule has 1 saturated heterocycles. The van der Waals surface area contributed by atoms with E-state index in [1.54, 1.807) is 4.57 Å². The van der Waals surface area contributed by atoms with Crippen LogP contribution in [-0.2, 0) is 13.0 Å². The van der Waals surface area contributed by atoms with Crippen LogP contribution in [0.4, 0.5) is 5.69 Å². The average molecular weight is 409 g/mol. The summed E-state index contributed by atoms with van der Waals surface area (Å²) in [6.45, 7) is 5.63. The first-order valence-corrected chi connectivity index (χ1v) is 11.1. The van der Waals surface area contributed by atoms with E-state index in [2.05, 4.69) is 17.0 Å². The van der Waals surface area contributed by atoms with Gasteiger partial charge in [0.1, 0.15) is 10.7 Å². The minimum atomic E-state index is 0.0198. The molecule has 2 aliphatic rings. The molecule has 0 atom stereocenters. The summed E-state index contributed by atoms with van der Waals surface area (Å²) in [5.41, 5.74) is 2.01. The molecule has 150 valence electrons. The Balaban J connectivity index is 1.41. The third-order valence-electron chi connectivity index (χ3n) is 6.04. The van der Waals surface area contributed by atoms with E-state index in [9.17, 15) is 9.59 Å². The maximum atomic E-state index is 13.2. The molecule has 2 aromatic heterocycles. The van der Waals surface area contributed by atoms with Gasteiger partial charge in [0.05, 0.1) is 10.3 Å². The summed E-state index contributed by atoms with van der Waals surface area (Å²) >= 11 is 1.38. The lowest BCUT2D eigenvalue weighted by Gasteiger charge is -2.36. The fourth-order valence-electron chi connectivity index (χ4n) is 4.39. The SMILES string of the molecule is Cc1c(C(=O)N2CCN(c3ccccc3)CC2)sc2nc3n(c(=O)c12)CCCC3. The molecule has 0 spiro atoms. The first-order valence-electron chi connectivity index (χ1n) is 10.3. The van der Waals surface area contributed by atoms with Gasteiger partial charge in [0, 0.05) is 44.8 Å². The molecule has 0 unspecified atom stereocenters. The molecule has 5 rings (SSSR count). The van der Waals surface area contributed by atoms with Crippen molar-refractivity contribution in [3.8, 4) is 0 Å². The monoisotopic (exact) mass is 408 g/mol. The van der Waals surface area contributed by atoms with Gasteiger partial charge in [-0.3, -0.25) is 14.2 Å². The van der Waals surface area contributed by atoms with Crippen LogP contribution in [-0.4, -0.2) is 46.5 Å². The van der Waals surface area contributed by atoms with Gasteiger partial charge in [-0.1, -0.05) is 18.2 Å². The number of carbonyl (C=O) groups excluding carboxylic acids is 1. The highest BCUT2D eigenvalue weighted by Crippen LogP contribution is 2.30. The van der Waals surface area contributed by atoms with Gasteiger partial charge >= 0.3 is 0 Å². The van der Waals surface area contributed by atoms with E-state index in [1.165, 1.54) is 17.0 Å². The third kappa shape index (κ3) is 3.13. The van der Waals surface area contributed by atoms with Gasteiger partial charge in [-0.05, 0) is 37.5 Å². The van der Waals surface area contributed by atoms with Crippen LogP contribution >= 0.6 is 11.3 Å². The highest BCUT2D eigenvalue weighted by atomic mass is 32.1. The standard InChI is InChI=1S/C22H24N4O2S/c1-15-18-20(23-17-9-5-6-10-26(17)21(18)27)29-19(15)22(28)25-13-11-24(12-14-25)16-7-3-2-4-8-16/h2-4,7-8H,5-6,9-14H2,1H3. The van der Waals surface area contributed by atoms with Crippen molar-refractivity contribution >= 4 is 33.1 Å². The summed E-state index contributed by atoms with van der Waals surface area (Å²) in [6.07, 6.45) is 2.92. The topological polar surface area (TPSA) is 58.4 Å². The second-order valence-electron chi connectivity index (χ2n) is 7.79. The van der Waals surface area contributed by atoms with Crippen molar-refractivity contribution < 1.29 is 4.79 Å². The van der Waals surface area contributed by atoms with Crippen molar-refractivity contribution in [2.24, 2.45) is 0 Å². The second kappa shape index (κ2) is 7.30. The molecule has 4 heterocycles. The molecule has 0 saturated carbocycles. The minimum Gasteiger partial charge on any atom is -0.368 e. The maximum absolute atomic E-state index is 13.2. The van der Waals surface area contributed by atoms with Crippen LogP contribution in [0.3, 0.4) is 0 Å². The van der Waals surface area contributed by atoms with Gasteiger partial charge in [-0.2, -0.15) is 0 Å². The summed E-state index contributed by atoms with van der Waals surface area (Å²) in [5, 5.41) is 0.631. The first kappa shape index (κ1) is 18.4. The number of piperazine rings is 1. The van der Waals surface area contributed by atoms with Gasteiger partial charge in [0.2, 0.25) is 0 Å². The number of hydrogen-bond acceptors (Lipinski definition) is 5. The highest BCUT2D eigenvalue weighted by molar-refractivity contribution is 7.20. The van der Waals surface area contributed by atoms with Crippen molar-refractivity contribution in [1.82, 2.24) is 14.5 Å². The third-order valence-corrected chi connectivity index (χ3v) is 7.22. The molecule has 0 bridgehead atoms. The summed E-state index contributed by atoms with van der Waals surface area (Å²) in [4.78, 5) is 36.6. The molecule has 0 radical (unpaired) electrons. The summed E-state index contributed by atoms with van der Waals surface area (Å²) in [6, 6.07) is 10.3.